The predicted molar refractivity (Wildman–Crippen MR) is 68.1 cm³/mol. The maximum absolute atomic E-state index is 8.82. The van der Waals surface area contributed by atoms with Crippen molar-refractivity contribution in [2.75, 3.05) is 31.2 Å². The van der Waals surface area contributed by atoms with Crippen LogP contribution in [0.1, 0.15) is 25.1 Å². The Bertz CT molecular complexity index is 392. The SMILES string of the molecule is CC.Cc1ncc(C#N)cc1N1CCOCC1. The number of rotatable bonds is 1. The van der Waals surface area contributed by atoms with E-state index in [9.17, 15) is 0 Å². The molecule has 4 heteroatoms. The number of aromatic nitrogens is 1. The van der Waals surface area contributed by atoms with E-state index in [0.29, 0.717) is 5.56 Å². The van der Waals surface area contributed by atoms with E-state index in [4.69, 9.17) is 10.00 Å². The van der Waals surface area contributed by atoms with Crippen molar-refractivity contribution in [3.8, 4) is 6.07 Å². The molecule has 0 aliphatic carbocycles. The van der Waals surface area contributed by atoms with Crippen LogP contribution in [0.15, 0.2) is 12.3 Å². The third-order valence-electron chi connectivity index (χ3n) is 2.54. The van der Waals surface area contributed by atoms with Gasteiger partial charge in [-0.25, -0.2) is 0 Å². The van der Waals surface area contributed by atoms with Crippen molar-refractivity contribution in [2.45, 2.75) is 20.8 Å². The minimum Gasteiger partial charge on any atom is -0.378 e. The highest BCUT2D eigenvalue weighted by atomic mass is 16.5. The van der Waals surface area contributed by atoms with Crippen molar-refractivity contribution in [2.24, 2.45) is 0 Å². The van der Waals surface area contributed by atoms with E-state index in [1.807, 2.05) is 26.8 Å². The zero-order chi connectivity index (χ0) is 12.7. The molecule has 0 amide bonds. The average Bonchev–Trinajstić information content (AvgIpc) is 2.42. The highest BCUT2D eigenvalue weighted by molar-refractivity contribution is 5.54. The van der Waals surface area contributed by atoms with Crippen LogP contribution >= 0.6 is 0 Å². The fraction of sp³-hybridized carbons (Fsp3) is 0.538. The summed E-state index contributed by atoms with van der Waals surface area (Å²) in [6.07, 6.45) is 1.61. The highest BCUT2D eigenvalue weighted by Gasteiger charge is 2.14. The van der Waals surface area contributed by atoms with Gasteiger partial charge < -0.3 is 9.64 Å². The van der Waals surface area contributed by atoms with Crippen LogP contribution in [0.2, 0.25) is 0 Å². The fourth-order valence-electron chi connectivity index (χ4n) is 1.71. The van der Waals surface area contributed by atoms with Crippen LogP contribution in [0.4, 0.5) is 5.69 Å². The van der Waals surface area contributed by atoms with Crippen LogP contribution in [-0.2, 0) is 4.74 Å². The number of hydrogen-bond donors (Lipinski definition) is 0. The molecular weight excluding hydrogens is 214 g/mol. The van der Waals surface area contributed by atoms with E-state index in [1.54, 1.807) is 6.20 Å². The van der Waals surface area contributed by atoms with E-state index >= 15 is 0 Å². The maximum atomic E-state index is 8.82. The van der Waals surface area contributed by atoms with Crippen LogP contribution < -0.4 is 4.90 Å². The summed E-state index contributed by atoms with van der Waals surface area (Å²) in [5.74, 6) is 0. The highest BCUT2D eigenvalue weighted by Crippen LogP contribution is 2.20. The molecule has 0 N–H and O–H groups in total. The number of nitrogens with zero attached hydrogens (tertiary/aromatic N) is 3. The standard InChI is InChI=1S/C11H13N3O.C2H6/c1-9-11(6-10(7-12)8-13-9)14-2-4-15-5-3-14;1-2/h6,8H,2-5H2,1H3;1-2H3. The van der Waals surface area contributed by atoms with E-state index in [-0.39, 0.29) is 0 Å². The second kappa shape index (κ2) is 6.87. The van der Waals surface area contributed by atoms with Crippen LogP contribution in [0.3, 0.4) is 0 Å². The zero-order valence-corrected chi connectivity index (χ0v) is 10.7. The van der Waals surface area contributed by atoms with Crippen LogP contribution in [0.5, 0.6) is 0 Å². The van der Waals surface area contributed by atoms with Crippen molar-refractivity contribution in [1.82, 2.24) is 4.98 Å². The molecule has 0 atom stereocenters. The molecule has 0 saturated carbocycles. The zero-order valence-electron chi connectivity index (χ0n) is 10.7. The number of nitriles is 1. The van der Waals surface area contributed by atoms with Crippen molar-refractivity contribution >= 4 is 5.69 Å². The van der Waals surface area contributed by atoms with Gasteiger partial charge in [0.15, 0.2) is 0 Å². The molecule has 0 spiro atoms. The van der Waals surface area contributed by atoms with Gasteiger partial charge in [-0.15, -0.1) is 0 Å². The van der Waals surface area contributed by atoms with Crippen LogP contribution in [0, 0.1) is 18.3 Å². The van der Waals surface area contributed by atoms with Crippen molar-refractivity contribution in [3.63, 3.8) is 0 Å². The summed E-state index contributed by atoms with van der Waals surface area (Å²) in [6.45, 7) is 9.20. The summed E-state index contributed by atoms with van der Waals surface area (Å²) in [5.41, 5.74) is 2.63. The minimum atomic E-state index is 0.613. The fourth-order valence-corrected chi connectivity index (χ4v) is 1.71. The molecule has 4 nitrogen and oxygen atoms in total. The van der Waals surface area contributed by atoms with E-state index in [2.05, 4.69) is 16.0 Å². The first kappa shape index (κ1) is 13.5. The maximum Gasteiger partial charge on any atom is 0.101 e. The van der Waals surface area contributed by atoms with Gasteiger partial charge in [0, 0.05) is 19.3 Å². The summed E-state index contributed by atoms with van der Waals surface area (Å²) in [6, 6.07) is 4.01. The third kappa shape index (κ3) is 3.43. The number of morpholine rings is 1. The first-order chi connectivity index (χ1) is 8.31. The average molecular weight is 233 g/mol. The van der Waals surface area contributed by atoms with Gasteiger partial charge in [-0.2, -0.15) is 5.26 Å². The van der Waals surface area contributed by atoms with E-state index < -0.39 is 0 Å². The number of pyridine rings is 1. The van der Waals surface area contributed by atoms with Gasteiger partial charge in [0.2, 0.25) is 0 Å². The molecule has 17 heavy (non-hydrogen) atoms. The lowest BCUT2D eigenvalue weighted by molar-refractivity contribution is 0.122. The Morgan fingerprint density at radius 2 is 2.00 bits per heavy atom. The lowest BCUT2D eigenvalue weighted by Crippen LogP contribution is -2.36. The lowest BCUT2D eigenvalue weighted by Gasteiger charge is -2.29. The first-order valence-electron chi connectivity index (χ1n) is 6.00. The number of anilines is 1. The molecule has 1 aromatic rings. The number of hydrogen-bond acceptors (Lipinski definition) is 4. The Labute approximate surface area is 103 Å². The van der Waals surface area contributed by atoms with Gasteiger partial charge in [0.05, 0.1) is 30.2 Å². The Morgan fingerprint density at radius 1 is 1.35 bits per heavy atom. The predicted octanol–water partition coefficient (Wildman–Crippen LogP) is 2.12. The van der Waals surface area contributed by atoms with Gasteiger partial charge >= 0.3 is 0 Å². The molecule has 0 unspecified atom stereocenters. The molecule has 0 radical (unpaired) electrons. The molecule has 92 valence electrons. The molecular formula is C13H19N3O. The summed E-state index contributed by atoms with van der Waals surface area (Å²) in [7, 11) is 0. The number of aryl methyl sites for hydroxylation is 1. The normalized spacial score (nSPS) is 14.6. The van der Waals surface area contributed by atoms with Crippen molar-refractivity contribution < 1.29 is 4.74 Å². The summed E-state index contributed by atoms with van der Waals surface area (Å²) >= 11 is 0. The molecule has 0 aromatic carbocycles. The molecule has 2 heterocycles. The minimum absolute atomic E-state index is 0.613. The summed E-state index contributed by atoms with van der Waals surface area (Å²) in [5, 5.41) is 8.82. The Kier molecular flexibility index (Phi) is 5.44. The van der Waals surface area contributed by atoms with Gasteiger partial charge in [-0.1, -0.05) is 13.8 Å². The molecule has 1 aliphatic rings. The topological polar surface area (TPSA) is 49.2 Å². The largest absolute Gasteiger partial charge is 0.378 e. The van der Waals surface area contributed by atoms with Crippen molar-refractivity contribution in [3.05, 3.63) is 23.5 Å². The van der Waals surface area contributed by atoms with Crippen molar-refractivity contribution in [1.29, 1.82) is 5.26 Å². The Morgan fingerprint density at radius 3 is 2.59 bits per heavy atom. The van der Waals surface area contributed by atoms with Gasteiger partial charge in [0.25, 0.3) is 0 Å². The number of ether oxygens (including phenoxy) is 1. The summed E-state index contributed by atoms with van der Waals surface area (Å²) in [4.78, 5) is 6.44. The Balaban J connectivity index is 0.000000686. The lowest BCUT2D eigenvalue weighted by atomic mass is 10.2. The third-order valence-corrected chi connectivity index (χ3v) is 2.54. The van der Waals surface area contributed by atoms with Gasteiger partial charge in [-0.05, 0) is 13.0 Å². The quantitative estimate of drug-likeness (QED) is 0.745. The molecule has 1 fully saturated rings. The van der Waals surface area contributed by atoms with Gasteiger partial charge in [0.1, 0.15) is 6.07 Å². The monoisotopic (exact) mass is 233 g/mol. The molecule has 0 bridgehead atoms. The van der Waals surface area contributed by atoms with Crippen LogP contribution in [0.25, 0.3) is 0 Å². The first-order valence-corrected chi connectivity index (χ1v) is 6.00. The second-order valence-corrected chi connectivity index (χ2v) is 3.54. The van der Waals surface area contributed by atoms with Crippen LogP contribution in [-0.4, -0.2) is 31.3 Å². The smallest absolute Gasteiger partial charge is 0.101 e. The van der Waals surface area contributed by atoms with E-state index in [1.165, 1.54) is 0 Å². The van der Waals surface area contributed by atoms with E-state index in [0.717, 1.165) is 37.7 Å². The molecule has 2 rings (SSSR count). The molecule has 1 aliphatic heterocycles. The molecule has 1 aromatic heterocycles. The second-order valence-electron chi connectivity index (χ2n) is 3.54. The summed E-state index contributed by atoms with van der Waals surface area (Å²) < 4.78 is 5.29. The molecule has 1 saturated heterocycles. The van der Waals surface area contributed by atoms with Gasteiger partial charge in [-0.3, -0.25) is 4.98 Å². The Hall–Kier alpha value is -1.60.